The summed E-state index contributed by atoms with van der Waals surface area (Å²) in [6, 6.07) is 27.2. The molecule has 1 N–H and O–H groups in total. The number of hydrogen-bond donors (Lipinski definition) is 1. The van der Waals surface area contributed by atoms with Gasteiger partial charge in [-0.2, -0.15) is 0 Å². The van der Waals surface area contributed by atoms with Crippen molar-refractivity contribution in [3.8, 4) is 11.5 Å². The van der Waals surface area contributed by atoms with Crippen LogP contribution in [0.1, 0.15) is 31.2 Å². The van der Waals surface area contributed by atoms with Crippen molar-refractivity contribution in [1.29, 1.82) is 0 Å². The van der Waals surface area contributed by atoms with Crippen molar-refractivity contribution in [3.05, 3.63) is 90.5 Å². The van der Waals surface area contributed by atoms with Gasteiger partial charge in [-0.15, -0.1) is 0 Å². The Kier molecular flexibility index (Phi) is 7.85. The topological polar surface area (TPSA) is 61.9 Å². The minimum Gasteiger partial charge on any atom is -0.457 e. The Morgan fingerprint density at radius 1 is 0.919 bits per heavy atom. The minimum atomic E-state index is -0.127. The van der Waals surface area contributed by atoms with E-state index in [2.05, 4.69) is 17.3 Å². The normalized spacial score (nSPS) is 19.7. The van der Waals surface area contributed by atoms with Gasteiger partial charge in [0, 0.05) is 30.4 Å². The van der Waals surface area contributed by atoms with Crippen molar-refractivity contribution >= 4 is 17.5 Å². The molecule has 1 aliphatic heterocycles. The van der Waals surface area contributed by atoms with Gasteiger partial charge in [0.15, 0.2) is 0 Å². The number of ether oxygens (including phenoxy) is 1. The highest BCUT2D eigenvalue weighted by molar-refractivity contribution is 5.99. The van der Waals surface area contributed by atoms with Crippen LogP contribution in [0.25, 0.3) is 0 Å². The Morgan fingerprint density at radius 2 is 1.62 bits per heavy atom. The number of likely N-dealkylation sites (tertiary alicyclic amines) is 1. The van der Waals surface area contributed by atoms with Crippen LogP contribution < -0.4 is 15.0 Å². The molecule has 2 aliphatic rings. The average molecular weight is 498 g/mol. The molecule has 3 aromatic carbocycles. The lowest BCUT2D eigenvalue weighted by Crippen LogP contribution is -2.51. The van der Waals surface area contributed by atoms with Crippen molar-refractivity contribution in [3.63, 3.8) is 0 Å². The Labute approximate surface area is 219 Å². The molecule has 37 heavy (non-hydrogen) atoms. The van der Waals surface area contributed by atoms with Gasteiger partial charge in [-0.3, -0.25) is 9.59 Å². The number of piperidine rings is 1. The Bertz CT molecular complexity index is 1200. The van der Waals surface area contributed by atoms with Gasteiger partial charge in [0.2, 0.25) is 11.8 Å². The van der Waals surface area contributed by atoms with Crippen LogP contribution in [-0.4, -0.2) is 48.9 Å². The third-order valence-corrected chi connectivity index (χ3v) is 7.36. The number of carbonyl (C=O) groups excluding carboxylic acids is 2. The van der Waals surface area contributed by atoms with Crippen molar-refractivity contribution in [2.24, 2.45) is 5.92 Å². The summed E-state index contributed by atoms with van der Waals surface area (Å²) < 4.78 is 6.00. The zero-order valence-corrected chi connectivity index (χ0v) is 21.4. The third-order valence-electron chi connectivity index (χ3n) is 7.36. The predicted octanol–water partition coefficient (Wildman–Crippen LogP) is 5.04. The number of nitrogens with zero attached hydrogens (tertiary/aromatic N) is 2. The zero-order chi connectivity index (χ0) is 25.6. The van der Waals surface area contributed by atoms with Gasteiger partial charge < -0.3 is 19.9 Å². The summed E-state index contributed by atoms with van der Waals surface area (Å²) in [6.07, 6.45) is 4.71. The van der Waals surface area contributed by atoms with Crippen LogP contribution in [0.3, 0.4) is 0 Å². The van der Waals surface area contributed by atoms with E-state index in [0.29, 0.717) is 23.2 Å². The first-order chi connectivity index (χ1) is 18.0. The fourth-order valence-electron chi connectivity index (χ4n) is 5.22. The molecule has 2 fully saturated rings. The van der Waals surface area contributed by atoms with Crippen LogP contribution in [0.2, 0.25) is 0 Å². The summed E-state index contributed by atoms with van der Waals surface area (Å²) in [7, 11) is 2.19. The molecule has 1 heterocycles. The molecule has 0 radical (unpaired) electrons. The molecule has 2 amide bonds. The largest absolute Gasteiger partial charge is 0.457 e. The van der Waals surface area contributed by atoms with E-state index in [4.69, 9.17) is 4.74 Å². The second kappa shape index (κ2) is 11.6. The molecule has 6 heteroatoms. The molecule has 1 saturated carbocycles. The summed E-state index contributed by atoms with van der Waals surface area (Å²) in [5.74, 6) is 1.84. The van der Waals surface area contributed by atoms with E-state index in [1.54, 1.807) is 4.90 Å². The van der Waals surface area contributed by atoms with Crippen LogP contribution in [0.15, 0.2) is 84.9 Å². The van der Waals surface area contributed by atoms with Gasteiger partial charge in [0.1, 0.15) is 18.0 Å². The van der Waals surface area contributed by atoms with Crippen molar-refractivity contribution in [1.82, 2.24) is 10.2 Å². The van der Waals surface area contributed by atoms with E-state index in [-0.39, 0.29) is 30.8 Å². The van der Waals surface area contributed by atoms with E-state index in [1.165, 1.54) is 12.8 Å². The van der Waals surface area contributed by atoms with Crippen molar-refractivity contribution in [2.75, 3.05) is 25.0 Å². The number of nitrogens with one attached hydrogen (secondary N) is 1. The lowest BCUT2D eigenvalue weighted by Gasteiger charge is -2.38. The van der Waals surface area contributed by atoms with Gasteiger partial charge in [-0.05, 0) is 68.5 Å². The summed E-state index contributed by atoms with van der Waals surface area (Å²) in [6.45, 7) is 0.961. The molecule has 1 aliphatic carbocycles. The number of rotatable bonds is 9. The number of carbonyl (C=O) groups is 2. The number of anilines is 1. The number of hydrogen-bond acceptors (Lipinski definition) is 4. The maximum absolute atomic E-state index is 13.5. The molecule has 5 rings (SSSR count). The number of benzene rings is 3. The highest BCUT2D eigenvalue weighted by Gasteiger charge is 2.38. The molecule has 6 nitrogen and oxygen atoms in total. The number of para-hydroxylation sites is 1. The fourth-order valence-corrected chi connectivity index (χ4v) is 5.22. The van der Waals surface area contributed by atoms with Crippen LogP contribution in [0.4, 0.5) is 5.69 Å². The molecular formula is C31H35N3O3. The van der Waals surface area contributed by atoms with Crippen molar-refractivity contribution < 1.29 is 14.3 Å². The summed E-state index contributed by atoms with van der Waals surface area (Å²) >= 11 is 0. The van der Waals surface area contributed by atoms with Gasteiger partial charge >= 0.3 is 0 Å². The average Bonchev–Trinajstić information content (AvgIpc) is 3.75. The smallest absolute Gasteiger partial charge is 0.240 e. The van der Waals surface area contributed by atoms with Gasteiger partial charge in [0.25, 0.3) is 0 Å². The molecular weight excluding hydrogens is 462 g/mol. The standard InChI is InChI=1S/C31H35N3O3/c1-33-18-17-25(20-29(33)24-15-16-24)32-30(35)22-34(31(36)19-23-9-4-2-5-10-23)26-11-8-14-28(21-26)37-27-12-6-3-7-13-27/h2-14,21,24-25,29H,15-20,22H2,1H3,(H,32,35). The Balaban J connectivity index is 1.31. The first-order valence-corrected chi connectivity index (χ1v) is 13.2. The summed E-state index contributed by atoms with van der Waals surface area (Å²) in [4.78, 5) is 30.8. The zero-order valence-electron chi connectivity index (χ0n) is 21.4. The Morgan fingerprint density at radius 3 is 2.35 bits per heavy atom. The highest BCUT2D eigenvalue weighted by atomic mass is 16.5. The monoisotopic (exact) mass is 497 g/mol. The number of amides is 2. The molecule has 192 valence electrons. The Hall–Kier alpha value is -3.64. The molecule has 2 unspecified atom stereocenters. The van der Waals surface area contributed by atoms with Crippen molar-refractivity contribution in [2.45, 2.75) is 44.2 Å². The second-order valence-electron chi connectivity index (χ2n) is 10.2. The molecule has 0 aromatic heterocycles. The maximum Gasteiger partial charge on any atom is 0.240 e. The fraction of sp³-hybridized carbons (Fsp3) is 0.355. The first-order valence-electron chi connectivity index (χ1n) is 13.2. The summed E-state index contributed by atoms with van der Waals surface area (Å²) in [5.41, 5.74) is 1.56. The van der Waals surface area contributed by atoms with E-state index in [0.717, 1.165) is 30.9 Å². The highest BCUT2D eigenvalue weighted by Crippen LogP contribution is 2.38. The quantitative estimate of drug-likeness (QED) is 0.450. The molecule has 3 aromatic rings. The predicted molar refractivity (Wildman–Crippen MR) is 146 cm³/mol. The van der Waals surface area contributed by atoms with Gasteiger partial charge in [-0.25, -0.2) is 0 Å². The SMILES string of the molecule is CN1CCC(NC(=O)CN(C(=O)Cc2ccccc2)c2cccc(Oc3ccccc3)c2)CC1C1CC1. The molecule has 2 atom stereocenters. The first kappa shape index (κ1) is 25.0. The van der Waals surface area contributed by atoms with Gasteiger partial charge in [-0.1, -0.05) is 54.6 Å². The van der Waals surface area contributed by atoms with Crippen LogP contribution >= 0.6 is 0 Å². The maximum atomic E-state index is 13.5. The van der Waals surface area contributed by atoms with Crippen LogP contribution in [-0.2, 0) is 16.0 Å². The minimum absolute atomic E-state index is 0.0269. The lowest BCUT2D eigenvalue weighted by atomic mass is 9.94. The van der Waals surface area contributed by atoms with E-state index in [1.807, 2.05) is 84.9 Å². The van der Waals surface area contributed by atoms with E-state index >= 15 is 0 Å². The van der Waals surface area contributed by atoms with E-state index in [9.17, 15) is 9.59 Å². The summed E-state index contributed by atoms with van der Waals surface area (Å²) in [5, 5.41) is 3.23. The van der Waals surface area contributed by atoms with E-state index < -0.39 is 0 Å². The molecule has 0 bridgehead atoms. The van der Waals surface area contributed by atoms with Crippen LogP contribution in [0.5, 0.6) is 11.5 Å². The lowest BCUT2D eigenvalue weighted by molar-refractivity contribution is -0.124. The van der Waals surface area contributed by atoms with Crippen LogP contribution in [0, 0.1) is 5.92 Å². The second-order valence-corrected chi connectivity index (χ2v) is 10.2. The molecule has 1 saturated heterocycles. The molecule has 0 spiro atoms. The van der Waals surface area contributed by atoms with Gasteiger partial charge in [0.05, 0.1) is 6.42 Å². The third kappa shape index (κ3) is 6.77.